The Hall–Kier alpha value is -3.39. The molecule has 2 unspecified atom stereocenters. The Morgan fingerprint density at radius 1 is 1.05 bits per heavy atom. The molecular formula is C30H36N2O5S. The number of rotatable bonds is 11. The summed E-state index contributed by atoms with van der Waals surface area (Å²) in [6, 6.07) is 17.5. The highest BCUT2D eigenvalue weighted by atomic mass is 32.2. The maximum absolute atomic E-state index is 12.4. The molecule has 0 spiro atoms. The molecule has 1 aliphatic rings. The number of carboxylic acids is 1. The van der Waals surface area contributed by atoms with E-state index in [1.807, 2.05) is 24.3 Å². The second-order valence-electron chi connectivity index (χ2n) is 10.1. The summed E-state index contributed by atoms with van der Waals surface area (Å²) in [4.78, 5) is 23.1. The van der Waals surface area contributed by atoms with Crippen LogP contribution in [0.25, 0.3) is 11.3 Å². The normalized spacial score (nSPS) is 15.5. The van der Waals surface area contributed by atoms with E-state index < -0.39 is 16.8 Å². The highest BCUT2D eigenvalue weighted by Gasteiger charge is 2.30. The lowest BCUT2D eigenvalue weighted by Gasteiger charge is -2.32. The first-order valence-corrected chi connectivity index (χ1v) is 14.9. The molecule has 1 aromatic heterocycles. The van der Waals surface area contributed by atoms with Crippen LogP contribution in [-0.4, -0.2) is 34.0 Å². The SMILES string of the molecule is Cc1ccc(-c2cc(C(Nc3ccc(C(=O)NCCC(=O)O)cc3)C3CCCCC3)c(CS(C)=O)o2)cc1. The third-order valence-corrected chi connectivity index (χ3v) is 7.73. The Balaban J connectivity index is 1.61. The second-order valence-corrected chi connectivity index (χ2v) is 11.5. The molecule has 38 heavy (non-hydrogen) atoms. The van der Waals surface area contributed by atoms with E-state index in [2.05, 4.69) is 35.8 Å². The van der Waals surface area contributed by atoms with Crippen molar-refractivity contribution in [3.63, 3.8) is 0 Å². The maximum atomic E-state index is 12.4. The Morgan fingerprint density at radius 3 is 2.37 bits per heavy atom. The predicted molar refractivity (Wildman–Crippen MR) is 151 cm³/mol. The molecule has 1 aliphatic carbocycles. The van der Waals surface area contributed by atoms with Crippen molar-refractivity contribution >= 4 is 28.4 Å². The molecular weight excluding hydrogens is 500 g/mol. The van der Waals surface area contributed by atoms with Gasteiger partial charge in [-0.1, -0.05) is 49.1 Å². The molecule has 2 atom stereocenters. The Bertz CT molecular complexity index is 1260. The third kappa shape index (κ3) is 7.34. The van der Waals surface area contributed by atoms with E-state index in [0.29, 0.717) is 17.2 Å². The van der Waals surface area contributed by atoms with Gasteiger partial charge in [0.1, 0.15) is 11.5 Å². The highest BCUT2D eigenvalue weighted by Crippen LogP contribution is 2.41. The van der Waals surface area contributed by atoms with Gasteiger partial charge >= 0.3 is 5.97 Å². The van der Waals surface area contributed by atoms with Crippen molar-refractivity contribution in [3.8, 4) is 11.3 Å². The molecule has 0 saturated heterocycles. The van der Waals surface area contributed by atoms with Crippen LogP contribution in [0.2, 0.25) is 0 Å². The van der Waals surface area contributed by atoms with Gasteiger partial charge in [0.05, 0.1) is 18.2 Å². The van der Waals surface area contributed by atoms with Gasteiger partial charge in [-0.05, 0) is 56.0 Å². The van der Waals surface area contributed by atoms with E-state index >= 15 is 0 Å². The van der Waals surface area contributed by atoms with Crippen LogP contribution in [0.4, 0.5) is 5.69 Å². The number of nitrogens with one attached hydrogen (secondary N) is 2. The molecule has 1 amide bonds. The van der Waals surface area contributed by atoms with Gasteiger partial charge in [0.2, 0.25) is 0 Å². The average Bonchev–Trinajstić information content (AvgIpc) is 3.31. The summed E-state index contributed by atoms with van der Waals surface area (Å²) in [6.45, 7) is 2.14. The largest absolute Gasteiger partial charge is 0.481 e. The molecule has 3 N–H and O–H groups in total. The van der Waals surface area contributed by atoms with Gasteiger partial charge in [0.15, 0.2) is 0 Å². The number of carbonyl (C=O) groups excluding carboxylic acids is 1. The van der Waals surface area contributed by atoms with Crippen molar-refractivity contribution < 1.29 is 23.3 Å². The van der Waals surface area contributed by atoms with Gasteiger partial charge in [-0.15, -0.1) is 0 Å². The van der Waals surface area contributed by atoms with Crippen LogP contribution < -0.4 is 10.6 Å². The van der Waals surface area contributed by atoms with Crippen molar-refractivity contribution in [2.24, 2.45) is 5.92 Å². The first-order chi connectivity index (χ1) is 18.3. The fourth-order valence-electron chi connectivity index (χ4n) is 5.06. The number of aryl methyl sites for hydroxylation is 1. The van der Waals surface area contributed by atoms with E-state index in [1.165, 1.54) is 24.8 Å². The number of hydrogen-bond acceptors (Lipinski definition) is 5. The quantitative estimate of drug-likeness (QED) is 0.274. The molecule has 3 aromatic rings. The molecule has 1 saturated carbocycles. The average molecular weight is 537 g/mol. The van der Waals surface area contributed by atoms with Crippen LogP contribution in [0.1, 0.15) is 71.8 Å². The van der Waals surface area contributed by atoms with Crippen molar-refractivity contribution in [3.05, 3.63) is 77.0 Å². The van der Waals surface area contributed by atoms with Crippen LogP contribution >= 0.6 is 0 Å². The molecule has 7 nitrogen and oxygen atoms in total. The van der Waals surface area contributed by atoms with Crippen LogP contribution in [0, 0.1) is 12.8 Å². The molecule has 1 fully saturated rings. The maximum Gasteiger partial charge on any atom is 0.305 e. The highest BCUT2D eigenvalue weighted by molar-refractivity contribution is 7.83. The molecule has 1 heterocycles. The number of benzene rings is 2. The minimum Gasteiger partial charge on any atom is -0.481 e. The van der Waals surface area contributed by atoms with E-state index in [0.717, 1.165) is 41.2 Å². The molecule has 0 aliphatic heterocycles. The topological polar surface area (TPSA) is 109 Å². The smallest absolute Gasteiger partial charge is 0.305 e. The van der Waals surface area contributed by atoms with Crippen LogP contribution in [0.15, 0.2) is 59.0 Å². The van der Waals surface area contributed by atoms with Gasteiger partial charge in [0.25, 0.3) is 5.91 Å². The number of furan rings is 1. The Labute approximate surface area is 226 Å². The zero-order valence-electron chi connectivity index (χ0n) is 22.0. The Kier molecular flexibility index (Phi) is 9.39. The van der Waals surface area contributed by atoms with Gasteiger partial charge in [-0.2, -0.15) is 0 Å². The lowest BCUT2D eigenvalue weighted by Crippen LogP contribution is -2.26. The van der Waals surface area contributed by atoms with Gasteiger partial charge in [-0.25, -0.2) is 0 Å². The zero-order chi connectivity index (χ0) is 27.1. The van der Waals surface area contributed by atoms with Gasteiger partial charge in [0, 0.05) is 46.0 Å². The molecule has 0 radical (unpaired) electrons. The molecule has 202 valence electrons. The number of amides is 1. The lowest BCUT2D eigenvalue weighted by atomic mass is 9.81. The van der Waals surface area contributed by atoms with Gasteiger partial charge in [-0.3, -0.25) is 13.8 Å². The lowest BCUT2D eigenvalue weighted by molar-refractivity contribution is -0.136. The van der Waals surface area contributed by atoms with E-state index in [-0.39, 0.29) is 24.9 Å². The second kappa shape index (κ2) is 12.9. The fourth-order valence-corrected chi connectivity index (χ4v) is 5.66. The summed E-state index contributed by atoms with van der Waals surface area (Å²) in [5.74, 6) is 1.02. The minimum atomic E-state index is -1.06. The van der Waals surface area contributed by atoms with Crippen LogP contribution in [0.5, 0.6) is 0 Å². The summed E-state index contributed by atoms with van der Waals surface area (Å²) in [6.07, 6.45) is 7.37. The Morgan fingerprint density at radius 2 is 1.74 bits per heavy atom. The summed E-state index contributed by atoms with van der Waals surface area (Å²) in [5, 5.41) is 15.1. The minimum absolute atomic E-state index is 0.0213. The van der Waals surface area contributed by atoms with Crippen molar-refractivity contribution in [2.45, 2.75) is 57.2 Å². The predicted octanol–water partition coefficient (Wildman–Crippen LogP) is 6.07. The van der Waals surface area contributed by atoms with Crippen molar-refractivity contribution in [2.75, 3.05) is 18.1 Å². The number of aliphatic carboxylic acids is 1. The number of anilines is 1. The first kappa shape index (κ1) is 27.6. The van der Waals surface area contributed by atoms with E-state index in [9.17, 15) is 13.8 Å². The monoisotopic (exact) mass is 536 g/mol. The zero-order valence-corrected chi connectivity index (χ0v) is 22.8. The first-order valence-electron chi connectivity index (χ1n) is 13.2. The molecule has 4 rings (SSSR count). The molecule has 8 heteroatoms. The third-order valence-electron chi connectivity index (χ3n) is 7.06. The van der Waals surface area contributed by atoms with Crippen LogP contribution in [-0.2, 0) is 21.3 Å². The summed E-state index contributed by atoms with van der Waals surface area (Å²) < 4.78 is 18.6. The number of carboxylic acid groups (broad SMARTS) is 1. The number of carbonyl (C=O) groups is 2. The summed E-state index contributed by atoms with van der Waals surface area (Å²) >= 11 is 0. The molecule has 0 bridgehead atoms. The van der Waals surface area contributed by atoms with Gasteiger partial charge < -0.3 is 20.2 Å². The number of hydrogen-bond donors (Lipinski definition) is 3. The van der Waals surface area contributed by atoms with E-state index in [4.69, 9.17) is 9.52 Å². The summed E-state index contributed by atoms with van der Waals surface area (Å²) in [7, 11) is -1.06. The fraction of sp³-hybridized carbons (Fsp3) is 0.400. The van der Waals surface area contributed by atoms with E-state index in [1.54, 1.807) is 18.4 Å². The van der Waals surface area contributed by atoms with Crippen LogP contribution in [0.3, 0.4) is 0 Å². The van der Waals surface area contributed by atoms with Crippen molar-refractivity contribution in [1.82, 2.24) is 5.32 Å². The van der Waals surface area contributed by atoms with Crippen molar-refractivity contribution in [1.29, 1.82) is 0 Å². The standard InChI is InChI=1S/C30H36N2O5S/c1-20-8-10-21(11-9-20)26-18-25(27(37-26)19-38(2)36)29(22-6-4-3-5-7-22)32-24-14-12-23(13-15-24)30(35)31-17-16-28(33)34/h8-15,18,22,29,32H,3-7,16-17,19H2,1-2H3,(H,31,35)(H,33,34). The molecule has 2 aromatic carbocycles. The summed E-state index contributed by atoms with van der Waals surface area (Å²) in [5.41, 5.74) is 4.56.